The van der Waals surface area contributed by atoms with E-state index in [9.17, 15) is 4.79 Å². The molecule has 104 valence electrons. The van der Waals surface area contributed by atoms with Crippen LogP contribution in [0.5, 0.6) is 0 Å². The molecule has 0 bridgehead atoms. The van der Waals surface area contributed by atoms with Crippen LogP contribution in [0.3, 0.4) is 0 Å². The van der Waals surface area contributed by atoms with Crippen LogP contribution in [0.2, 0.25) is 0 Å². The molecular formula is C17H21N2O+. The third-order valence-corrected chi connectivity index (χ3v) is 3.45. The second-order valence-corrected chi connectivity index (χ2v) is 5.02. The van der Waals surface area contributed by atoms with Gasteiger partial charge in [0.1, 0.15) is 0 Å². The maximum Gasteiger partial charge on any atom is 0.290 e. The minimum Gasteiger partial charge on any atom is -0.320 e. The third kappa shape index (κ3) is 3.44. The summed E-state index contributed by atoms with van der Waals surface area (Å²) in [6.45, 7) is 6.46. The minimum absolute atomic E-state index is 0.000605. The predicted octanol–water partition coefficient (Wildman–Crippen LogP) is 2.79. The van der Waals surface area contributed by atoms with Crippen molar-refractivity contribution in [3.8, 4) is 0 Å². The molecule has 1 aromatic heterocycles. The van der Waals surface area contributed by atoms with Crippen LogP contribution in [-0.2, 0) is 17.8 Å². The summed E-state index contributed by atoms with van der Waals surface area (Å²) in [5.74, 6) is 0.000605. The number of para-hydroxylation sites is 1. The van der Waals surface area contributed by atoms with Crippen LogP contribution in [0.1, 0.15) is 23.7 Å². The van der Waals surface area contributed by atoms with Gasteiger partial charge in [0, 0.05) is 24.2 Å². The van der Waals surface area contributed by atoms with Crippen LogP contribution < -0.4 is 9.88 Å². The van der Waals surface area contributed by atoms with Crippen LogP contribution in [0.4, 0.5) is 5.69 Å². The van der Waals surface area contributed by atoms with E-state index in [0.717, 1.165) is 23.4 Å². The number of carbonyl (C=O) groups is 1. The number of aromatic nitrogens is 1. The van der Waals surface area contributed by atoms with Gasteiger partial charge in [0.25, 0.3) is 5.91 Å². The first-order valence-corrected chi connectivity index (χ1v) is 6.94. The molecule has 20 heavy (non-hydrogen) atoms. The fourth-order valence-electron chi connectivity index (χ4n) is 2.11. The number of aryl methyl sites for hydroxylation is 3. The van der Waals surface area contributed by atoms with Crippen LogP contribution >= 0.6 is 0 Å². The van der Waals surface area contributed by atoms with Crippen molar-refractivity contribution in [2.45, 2.75) is 33.7 Å². The molecule has 0 aliphatic carbocycles. The lowest BCUT2D eigenvalue weighted by molar-refractivity contribution is -0.690. The van der Waals surface area contributed by atoms with E-state index in [1.54, 1.807) is 0 Å². The fourth-order valence-corrected chi connectivity index (χ4v) is 2.11. The number of hydrogen-bond donors (Lipinski definition) is 1. The molecule has 0 unspecified atom stereocenters. The van der Waals surface area contributed by atoms with Crippen LogP contribution in [0.25, 0.3) is 0 Å². The van der Waals surface area contributed by atoms with Gasteiger partial charge in [0.05, 0.1) is 0 Å². The molecule has 1 amide bonds. The maximum atomic E-state index is 12.2. The number of rotatable bonds is 4. The Balaban J connectivity index is 2.10. The number of nitrogens with one attached hydrogen (secondary N) is 1. The number of hydrogen-bond acceptors (Lipinski definition) is 1. The molecule has 0 aliphatic rings. The Kier molecular flexibility index (Phi) is 4.51. The zero-order chi connectivity index (χ0) is 14.5. The van der Waals surface area contributed by atoms with Crippen molar-refractivity contribution in [1.29, 1.82) is 0 Å². The Morgan fingerprint density at radius 1 is 1.15 bits per heavy atom. The SMILES string of the molecule is CCc1ccc(C)[n+](CC(=O)Nc2ccccc2C)c1. The summed E-state index contributed by atoms with van der Waals surface area (Å²) in [7, 11) is 0. The van der Waals surface area contributed by atoms with Gasteiger partial charge in [-0.2, -0.15) is 4.57 Å². The molecule has 1 aromatic carbocycles. The minimum atomic E-state index is 0.000605. The van der Waals surface area contributed by atoms with E-state index in [-0.39, 0.29) is 5.91 Å². The summed E-state index contributed by atoms with van der Waals surface area (Å²) in [6, 6.07) is 12.0. The molecule has 0 fully saturated rings. The number of amides is 1. The molecule has 1 N–H and O–H groups in total. The second-order valence-electron chi connectivity index (χ2n) is 5.02. The van der Waals surface area contributed by atoms with Crippen molar-refractivity contribution < 1.29 is 9.36 Å². The second kappa shape index (κ2) is 6.33. The van der Waals surface area contributed by atoms with Crippen molar-refractivity contribution in [3.63, 3.8) is 0 Å². The number of anilines is 1. The van der Waals surface area contributed by atoms with E-state index in [4.69, 9.17) is 0 Å². The smallest absolute Gasteiger partial charge is 0.290 e. The molecule has 0 spiro atoms. The van der Waals surface area contributed by atoms with Gasteiger partial charge >= 0.3 is 0 Å². The van der Waals surface area contributed by atoms with Gasteiger partial charge in [-0.1, -0.05) is 25.1 Å². The van der Waals surface area contributed by atoms with Crippen LogP contribution in [-0.4, -0.2) is 5.91 Å². The average molecular weight is 269 g/mol. The number of benzene rings is 1. The summed E-state index contributed by atoms with van der Waals surface area (Å²) in [5.41, 5.74) is 4.27. The van der Waals surface area contributed by atoms with E-state index in [1.165, 1.54) is 5.56 Å². The quantitative estimate of drug-likeness (QED) is 0.851. The topological polar surface area (TPSA) is 33.0 Å². The molecular weight excluding hydrogens is 248 g/mol. The largest absolute Gasteiger partial charge is 0.320 e. The van der Waals surface area contributed by atoms with E-state index in [1.807, 2.05) is 48.9 Å². The van der Waals surface area contributed by atoms with Gasteiger partial charge in [-0.15, -0.1) is 0 Å². The van der Waals surface area contributed by atoms with Crippen molar-refractivity contribution >= 4 is 11.6 Å². The Labute approximate surface area is 120 Å². The molecule has 2 aromatic rings. The van der Waals surface area contributed by atoms with Crippen molar-refractivity contribution in [1.82, 2.24) is 0 Å². The van der Waals surface area contributed by atoms with Gasteiger partial charge in [-0.3, -0.25) is 4.79 Å². The Bertz CT molecular complexity index is 620. The van der Waals surface area contributed by atoms with Gasteiger partial charge in [-0.05, 0) is 31.0 Å². The first-order chi connectivity index (χ1) is 9.60. The highest BCUT2D eigenvalue weighted by Crippen LogP contribution is 2.12. The normalized spacial score (nSPS) is 10.3. The van der Waals surface area contributed by atoms with Crippen molar-refractivity contribution in [2.24, 2.45) is 0 Å². The monoisotopic (exact) mass is 269 g/mol. The Morgan fingerprint density at radius 3 is 2.60 bits per heavy atom. The number of carbonyl (C=O) groups excluding carboxylic acids is 1. The van der Waals surface area contributed by atoms with E-state index in [0.29, 0.717) is 6.54 Å². The molecule has 0 atom stereocenters. The summed E-state index contributed by atoms with van der Waals surface area (Å²) in [4.78, 5) is 12.2. The summed E-state index contributed by atoms with van der Waals surface area (Å²) < 4.78 is 1.99. The van der Waals surface area contributed by atoms with Gasteiger partial charge in [0.15, 0.2) is 11.9 Å². The van der Waals surface area contributed by atoms with Gasteiger partial charge < -0.3 is 5.32 Å². The molecule has 2 rings (SSSR count). The number of pyridine rings is 1. The van der Waals surface area contributed by atoms with E-state index < -0.39 is 0 Å². The Morgan fingerprint density at radius 2 is 1.90 bits per heavy atom. The number of nitrogens with zero attached hydrogens (tertiary/aromatic N) is 1. The zero-order valence-corrected chi connectivity index (χ0v) is 12.3. The lowest BCUT2D eigenvalue weighted by Crippen LogP contribution is -2.43. The highest BCUT2D eigenvalue weighted by Gasteiger charge is 2.13. The average Bonchev–Trinajstić information content (AvgIpc) is 2.44. The van der Waals surface area contributed by atoms with Gasteiger partial charge in [-0.25, -0.2) is 0 Å². The van der Waals surface area contributed by atoms with Gasteiger partial charge in [0.2, 0.25) is 6.54 Å². The Hall–Kier alpha value is -2.16. The molecule has 3 nitrogen and oxygen atoms in total. The summed E-state index contributed by atoms with van der Waals surface area (Å²) in [5, 5.41) is 2.96. The summed E-state index contributed by atoms with van der Waals surface area (Å²) in [6.07, 6.45) is 3.02. The molecule has 3 heteroatoms. The highest BCUT2D eigenvalue weighted by atomic mass is 16.1. The van der Waals surface area contributed by atoms with E-state index >= 15 is 0 Å². The molecule has 1 heterocycles. The highest BCUT2D eigenvalue weighted by molar-refractivity contribution is 5.90. The maximum absolute atomic E-state index is 12.2. The molecule has 0 aliphatic heterocycles. The van der Waals surface area contributed by atoms with Crippen molar-refractivity contribution in [3.05, 3.63) is 59.4 Å². The van der Waals surface area contributed by atoms with Crippen LogP contribution in [0.15, 0.2) is 42.6 Å². The van der Waals surface area contributed by atoms with Crippen molar-refractivity contribution in [2.75, 3.05) is 5.32 Å². The first-order valence-electron chi connectivity index (χ1n) is 6.94. The standard InChI is InChI=1S/C17H20N2O/c1-4-15-10-9-14(3)19(11-15)12-17(20)18-16-8-6-5-7-13(16)2/h5-11H,4,12H2,1-3H3/p+1. The van der Waals surface area contributed by atoms with E-state index in [2.05, 4.69) is 24.4 Å². The zero-order valence-electron chi connectivity index (χ0n) is 12.3. The first kappa shape index (κ1) is 14.3. The third-order valence-electron chi connectivity index (χ3n) is 3.45. The fraction of sp³-hybridized carbons (Fsp3) is 0.294. The predicted molar refractivity (Wildman–Crippen MR) is 80.6 cm³/mol. The molecule has 0 saturated carbocycles. The summed E-state index contributed by atoms with van der Waals surface area (Å²) >= 11 is 0. The lowest BCUT2D eigenvalue weighted by atomic mass is 10.2. The van der Waals surface area contributed by atoms with Crippen LogP contribution in [0, 0.1) is 13.8 Å². The molecule has 0 saturated heterocycles. The lowest BCUT2D eigenvalue weighted by Gasteiger charge is -2.07. The molecule has 0 radical (unpaired) electrons.